The third kappa shape index (κ3) is 3.48. The number of carbonyl (C=O) groups is 1. The fourth-order valence-electron chi connectivity index (χ4n) is 0.796. The Balaban J connectivity index is 2.66. The van der Waals surface area contributed by atoms with Gasteiger partial charge in [0.15, 0.2) is 5.96 Å². The molecule has 1 aromatic heterocycles. The fraction of sp³-hybridized carbons (Fsp3) is 0. The first-order valence-electron chi connectivity index (χ1n) is 3.91. The number of nitrogens with zero attached hydrogens (tertiary/aromatic N) is 2. The lowest BCUT2D eigenvalue weighted by atomic mass is 10.3. The van der Waals surface area contributed by atoms with Crippen LogP contribution in [0.5, 0.6) is 0 Å². The summed E-state index contributed by atoms with van der Waals surface area (Å²) in [5.41, 5.74) is 10.7. The molecule has 0 aliphatic carbocycles. The van der Waals surface area contributed by atoms with Crippen molar-refractivity contribution in [3.05, 3.63) is 36.2 Å². The van der Waals surface area contributed by atoms with Crippen LogP contribution in [0.15, 0.2) is 35.5 Å². The second-order valence-electron chi connectivity index (χ2n) is 2.46. The number of hydrogen-bond donors (Lipinski definition) is 2. The Bertz CT molecular complexity index is 366. The monoisotopic (exact) mass is 190 g/mol. The first-order chi connectivity index (χ1) is 6.68. The van der Waals surface area contributed by atoms with E-state index in [-0.39, 0.29) is 5.96 Å². The summed E-state index contributed by atoms with van der Waals surface area (Å²) in [4.78, 5) is 18.3. The Morgan fingerprint density at radius 3 is 2.79 bits per heavy atom. The van der Waals surface area contributed by atoms with Crippen LogP contribution in [-0.4, -0.2) is 16.9 Å². The standard InChI is InChI=1S/C9H10N4O/c10-9(11)13-8(14)5-4-7-3-1-2-6-12-7/h1-6H,(H4,10,11,13,14). The molecule has 0 saturated heterocycles. The zero-order valence-corrected chi connectivity index (χ0v) is 7.42. The van der Waals surface area contributed by atoms with E-state index >= 15 is 0 Å². The zero-order valence-electron chi connectivity index (χ0n) is 7.42. The van der Waals surface area contributed by atoms with Gasteiger partial charge in [0, 0.05) is 12.3 Å². The molecule has 0 aliphatic rings. The first-order valence-corrected chi connectivity index (χ1v) is 3.91. The third-order valence-electron chi connectivity index (χ3n) is 1.32. The van der Waals surface area contributed by atoms with Crippen molar-refractivity contribution < 1.29 is 4.79 Å². The van der Waals surface area contributed by atoms with Crippen LogP contribution in [-0.2, 0) is 4.79 Å². The second-order valence-corrected chi connectivity index (χ2v) is 2.46. The van der Waals surface area contributed by atoms with Gasteiger partial charge in [0.05, 0.1) is 5.69 Å². The van der Waals surface area contributed by atoms with Gasteiger partial charge in [-0.25, -0.2) is 0 Å². The molecule has 1 aromatic rings. The summed E-state index contributed by atoms with van der Waals surface area (Å²) in [7, 11) is 0. The average Bonchev–Trinajstić information content (AvgIpc) is 2.15. The van der Waals surface area contributed by atoms with E-state index in [9.17, 15) is 4.79 Å². The largest absolute Gasteiger partial charge is 0.370 e. The summed E-state index contributed by atoms with van der Waals surface area (Å²) >= 11 is 0. The average molecular weight is 190 g/mol. The van der Waals surface area contributed by atoms with Crippen molar-refractivity contribution in [2.75, 3.05) is 0 Å². The van der Waals surface area contributed by atoms with Gasteiger partial charge in [0.25, 0.3) is 5.91 Å². The van der Waals surface area contributed by atoms with Gasteiger partial charge in [-0.3, -0.25) is 9.78 Å². The number of carbonyl (C=O) groups excluding carboxylic acids is 1. The van der Waals surface area contributed by atoms with Crippen molar-refractivity contribution in [1.82, 2.24) is 4.98 Å². The fourth-order valence-corrected chi connectivity index (χ4v) is 0.796. The predicted molar refractivity (Wildman–Crippen MR) is 54.1 cm³/mol. The number of amides is 1. The van der Waals surface area contributed by atoms with E-state index in [0.717, 1.165) is 0 Å². The summed E-state index contributed by atoms with van der Waals surface area (Å²) < 4.78 is 0. The molecule has 0 spiro atoms. The number of hydrogen-bond acceptors (Lipinski definition) is 2. The molecule has 0 unspecified atom stereocenters. The number of guanidine groups is 1. The van der Waals surface area contributed by atoms with Gasteiger partial charge < -0.3 is 11.5 Å². The molecule has 1 rings (SSSR count). The van der Waals surface area contributed by atoms with E-state index in [2.05, 4.69) is 9.98 Å². The molecule has 0 aliphatic heterocycles. The maximum atomic E-state index is 11.0. The molecule has 0 radical (unpaired) electrons. The number of aliphatic imine (C=N–C) groups is 1. The Kier molecular flexibility index (Phi) is 3.37. The minimum absolute atomic E-state index is 0.249. The van der Waals surface area contributed by atoms with Crippen molar-refractivity contribution in [2.45, 2.75) is 0 Å². The molecule has 14 heavy (non-hydrogen) atoms. The van der Waals surface area contributed by atoms with Crippen molar-refractivity contribution >= 4 is 17.9 Å². The molecule has 5 nitrogen and oxygen atoms in total. The zero-order chi connectivity index (χ0) is 10.4. The van der Waals surface area contributed by atoms with Crippen LogP contribution in [0.3, 0.4) is 0 Å². The molecule has 1 heterocycles. The molecule has 1 amide bonds. The molecule has 0 saturated carbocycles. The molecule has 0 atom stereocenters. The molecule has 0 fully saturated rings. The maximum Gasteiger partial charge on any atom is 0.272 e. The van der Waals surface area contributed by atoms with E-state index in [1.165, 1.54) is 12.2 Å². The molecule has 0 bridgehead atoms. The molecule has 0 aromatic carbocycles. The van der Waals surface area contributed by atoms with Crippen molar-refractivity contribution in [3.8, 4) is 0 Å². The summed E-state index contributed by atoms with van der Waals surface area (Å²) in [6.07, 6.45) is 4.42. The van der Waals surface area contributed by atoms with Gasteiger partial charge in [0.2, 0.25) is 0 Å². The Morgan fingerprint density at radius 2 is 2.21 bits per heavy atom. The van der Waals surface area contributed by atoms with Gasteiger partial charge in [-0.15, -0.1) is 0 Å². The summed E-state index contributed by atoms with van der Waals surface area (Å²) in [5, 5.41) is 0. The van der Waals surface area contributed by atoms with E-state index in [0.29, 0.717) is 5.69 Å². The van der Waals surface area contributed by atoms with Crippen LogP contribution < -0.4 is 11.5 Å². The SMILES string of the molecule is NC(N)=NC(=O)C=Cc1ccccn1. The van der Waals surface area contributed by atoms with Crippen LogP contribution in [0.4, 0.5) is 0 Å². The van der Waals surface area contributed by atoms with Crippen LogP contribution >= 0.6 is 0 Å². The first kappa shape index (κ1) is 9.91. The topological polar surface area (TPSA) is 94.4 Å². The Hall–Kier alpha value is -2.17. The maximum absolute atomic E-state index is 11.0. The number of aromatic nitrogens is 1. The van der Waals surface area contributed by atoms with Crippen LogP contribution in [0.2, 0.25) is 0 Å². The minimum atomic E-state index is -0.504. The molecule has 5 heteroatoms. The second kappa shape index (κ2) is 4.76. The molecule has 72 valence electrons. The quantitative estimate of drug-likeness (QED) is 0.386. The smallest absolute Gasteiger partial charge is 0.272 e. The highest BCUT2D eigenvalue weighted by Crippen LogP contribution is 1.96. The normalized spacial score (nSPS) is 10.0. The van der Waals surface area contributed by atoms with Gasteiger partial charge in [-0.2, -0.15) is 4.99 Å². The van der Waals surface area contributed by atoms with Crippen LogP contribution in [0.1, 0.15) is 5.69 Å². The molecular formula is C9H10N4O. The van der Waals surface area contributed by atoms with Crippen molar-refractivity contribution in [2.24, 2.45) is 16.5 Å². The lowest BCUT2D eigenvalue weighted by Gasteiger charge is -1.89. The lowest BCUT2D eigenvalue weighted by Crippen LogP contribution is -2.23. The summed E-state index contributed by atoms with van der Waals surface area (Å²) in [6, 6.07) is 5.37. The van der Waals surface area contributed by atoms with Gasteiger partial charge >= 0.3 is 0 Å². The highest BCUT2D eigenvalue weighted by molar-refractivity contribution is 5.99. The van der Waals surface area contributed by atoms with Crippen molar-refractivity contribution in [3.63, 3.8) is 0 Å². The van der Waals surface area contributed by atoms with E-state index < -0.39 is 5.91 Å². The highest BCUT2D eigenvalue weighted by atomic mass is 16.1. The molecule has 4 N–H and O–H groups in total. The summed E-state index contributed by atoms with van der Waals surface area (Å²) in [5.74, 6) is -0.753. The molecular weight excluding hydrogens is 180 g/mol. The predicted octanol–water partition coefficient (Wildman–Crippen LogP) is -0.105. The third-order valence-corrected chi connectivity index (χ3v) is 1.32. The van der Waals surface area contributed by atoms with Crippen LogP contribution in [0.25, 0.3) is 6.08 Å². The highest BCUT2D eigenvalue weighted by Gasteiger charge is 1.92. The van der Waals surface area contributed by atoms with E-state index in [4.69, 9.17) is 11.5 Å². The lowest BCUT2D eigenvalue weighted by molar-refractivity contribution is -0.113. The Morgan fingerprint density at radius 1 is 1.43 bits per heavy atom. The van der Waals surface area contributed by atoms with E-state index in [1.807, 2.05) is 6.07 Å². The van der Waals surface area contributed by atoms with Crippen molar-refractivity contribution in [1.29, 1.82) is 0 Å². The van der Waals surface area contributed by atoms with Crippen LogP contribution in [0, 0.1) is 0 Å². The number of pyridine rings is 1. The van der Waals surface area contributed by atoms with Gasteiger partial charge in [-0.05, 0) is 18.2 Å². The number of nitrogens with two attached hydrogens (primary N) is 2. The Labute approximate surface area is 81.2 Å². The minimum Gasteiger partial charge on any atom is -0.370 e. The number of rotatable bonds is 2. The summed E-state index contributed by atoms with van der Waals surface area (Å²) in [6.45, 7) is 0. The van der Waals surface area contributed by atoms with Gasteiger partial charge in [0.1, 0.15) is 0 Å². The van der Waals surface area contributed by atoms with E-state index in [1.54, 1.807) is 18.3 Å². The van der Waals surface area contributed by atoms with Gasteiger partial charge in [-0.1, -0.05) is 6.07 Å².